The lowest BCUT2D eigenvalue weighted by atomic mass is 10.1. The van der Waals surface area contributed by atoms with E-state index in [4.69, 9.17) is 9.47 Å². The van der Waals surface area contributed by atoms with E-state index < -0.39 is 21.5 Å². The van der Waals surface area contributed by atoms with E-state index in [1.807, 2.05) is 0 Å². The number of esters is 1. The molecular weight excluding hydrogens is 386 g/mol. The van der Waals surface area contributed by atoms with Crippen LogP contribution < -0.4 is 4.72 Å². The quantitative estimate of drug-likeness (QED) is 0.777. The van der Waals surface area contributed by atoms with Crippen molar-refractivity contribution in [2.75, 3.05) is 13.2 Å². The third-order valence-corrected chi connectivity index (χ3v) is 5.52. The molecule has 0 aromatic heterocycles. The van der Waals surface area contributed by atoms with Crippen LogP contribution in [0.5, 0.6) is 0 Å². The molecule has 0 spiro atoms. The van der Waals surface area contributed by atoms with Gasteiger partial charge in [0.1, 0.15) is 6.10 Å². The van der Waals surface area contributed by atoms with Crippen molar-refractivity contribution in [1.82, 2.24) is 4.72 Å². The molecule has 8 heteroatoms. The monoisotopic (exact) mass is 405 g/mol. The average molecular weight is 406 g/mol. The van der Waals surface area contributed by atoms with Gasteiger partial charge in [-0.25, -0.2) is 17.9 Å². The van der Waals surface area contributed by atoms with Crippen LogP contribution in [0.4, 0.5) is 0 Å². The van der Waals surface area contributed by atoms with Gasteiger partial charge in [-0.1, -0.05) is 0 Å². The van der Waals surface area contributed by atoms with Gasteiger partial charge in [-0.3, -0.25) is 0 Å². The van der Waals surface area contributed by atoms with Crippen LogP contribution in [-0.4, -0.2) is 39.2 Å². The molecule has 1 aromatic rings. The summed E-state index contributed by atoms with van der Waals surface area (Å²) in [7, 11) is -3.72. The van der Waals surface area contributed by atoms with Gasteiger partial charge in [0.05, 0.1) is 23.7 Å². The molecule has 1 N–H and O–H groups in total. The Kier molecular flexibility index (Phi) is 5.50. The van der Waals surface area contributed by atoms with E-state index in [2.05, 4.69) is 20.7 Å². The van der Waals surface area contributed by atoms with Crippen LogP contribution in [0.15, 0.2) is 27.6 Å². The van der Waals surface area contributed by atoms with Gasteiger partial charge in [0, 0.05) is 16.4 Å². The fourth-order valence-electron chi connectivity index (χ4n) is 2.11. The lowest BCUT2D eigenvalue weighted by Gasteiger charge is -2.20. The maximum Gasteiger partial charge on any atom is 0.339 e. The first-order chi connectivity index (χ1) is 10.6. The molecule has 0 bridgehead atoms. The fraction of sp³-hybridized carbons (Fsp3) is 0.533. The summed E-state index contributed by atoms with van der Waals surface area (Å²) in [6, 6.07) is 4.28. The molecule has 0 saturated carbocycles. The highest BCUT2D eigenvalue weighted by molar-refractivity contribution is 9.10. The summed E-state index contributed by atoms with van der Waals surface area (Å²) in [5, 5.41) is 0. The van der Waals surface area contributed by atoms with E-state index in [9.17, 15) is 13.2 Å². The molecule has 0 aliphatic carbocycles. The normalized spacial score (nSPS) is 18.9. The van der Waals surface area contributed by atoms with E-state index in [0.717, 1.165) is 0 Å². The molecule has 1 aromatic carbocycles. The largest absolute Gasteiger partial charge is 0.456 e. The highest BCUT2D eigenvalue weighted by Gasteiger charge is 2.26. The number of ether oxygens (including phenoxy) is 2. The van der Waals surface area contributed by atoms with Crippen LogP contribution in [-0.2, 0) is 19.5 Å². The number of hydrogen-bond acceptors (Lipinski definition) is 5. The van der Waals surface area contributed by atoms with Crippen molar-refractivity contribution < 1.29 is 22.7 Å². The highest BCUT2D eigenvalue weighted by atomic mass is 79.9. The molecule has 1 fully saturated rings. The van der Waals surface area contributed by atoms with Crippen molar-refractivity contribution in [1.29, 1.82) is 0 Å². The fourth-order valence-corrected chi connectivity index (χ4v) is 3.96. The number of carbonyl (C=O) groups excluding carboxylic acids is 1. The number of hydrogen-bond donors (Lipinski definition) is 1. The third kappa shape index (κ3) is 5.00. The Morgan fingerprint density at radius 3 is 2.65 bits per heavy atom. The van der Waals surface area contributed by atoms with Gasteiger partial charge in [0.15, 0.2) is 0 Å². The van der Waals surface area contributed by atoms with Crippen LogP contribution >= 0.6 is 15.9 Å². The van der Waals surface area contributed by atoms with Crippen molar-refractivity contribution in [3.05, 3.63) is 28.2 Å². The standard InChI is InChI=1S/C15H20BrNO5S/c1-15(2,3)17-23(19,20)11-4-5-13(16)12(8-11)14(18)22-10-6-7-21-9-10/h4-5,8,10,17H,6-7,9H2,1-3H3/t10-/m0/s1. The number of halogens is 1. The zero-order chi connectivity index (χ0) is 17.3. The summed E-state index contributed by atoms with van der Waals surface area (Å²) in [5.74, 6) is -0.569. The number of carbonyl (C=O) groups is 1. The topological polar surface area (TPSA) is 81.7 Å². The predicted octanol–water partition coefficient (Wildman–Crippen LogP) is 2.47. The molecule has 1 atom stereocenters. The Balaban J connectivity index is 2.26. The smallest absolute Gasteiger partial charge is 0.339 e. The lowest BCUT2D eigenvalue weighted by molar-refractivity contribution is 0.0269. The second-order valence-electron chi connectivity index (χ2n) is 6.39. The summed E-state index contributed by atoms with van der Waals surface area (Å²) >= 11 is 3.26. The van der Waals surface area contributed by atoms with Gasteiger partial charge in [0.25, 0.3) is 0 Å². The van der Waals surface area contributed by atoms with Gasteiger partial charge in [0.2, 0.25) is 10.0 Å². The summed E-state index contributed by atoms with van der Waals surface area (Å²) in [4.78, 5) is 12.3. The minimum atomic E-state index is -3.72. The second kappa shape index (κ2) is 6.88. The molecule has 1 aliphatic heterocycles. The number of benzene rings is 1. The van der Waals surface area contributed by atoms with E-state index in [1.165, 1.54) is 18.2 Å². The molecule has 6 nitrogen and oxygen atoms in total. The van der Waals surface area contributed by atoms with Crippen LogP contribution in [0.25, 0.3) is 0 Å². The molecule has 2 rings (SSSR count). The Bertz CT molecular complexity index is 690. The van der Waals surface area contributed by atoms with Gasteiger partial charge in [-0.15, -0.1) is 0 Å². The van der Waals surface area contributed by atoms with E-state index in [1.54, 1.807) is 20.8 Å². The van der Waals surface area contributed by atoms with Gasteiger partial charge in [-0.2, -0.15) is 0 Å². The first-order valence-corrected chi connectivity index (χ1v) is 9.48. The summed E-state index contributed by atoms with van der Waals surface area (Å²) in [5.41, 5.74) is -0.443. The molecular formula is C15H20BrNO5S. The number of sulfonamides is 1. The maximum absolute atomic E-state index is 12.4. The Morgan fingerprint density at radius 1 is 1.39 bits per heavy atom. The van der Waals surface area contributed by atoms with E-state index in [0.29, 0.717) is 24.1 Å². The summed E-state index contributed by atoms with van der Waals surface area (Å²) in [6.45, 7) is 6.17. The lowest BCUT2D eigenvalue weighted by Crippen LogP contribution is -2.40. The van der Waals surface area contributed by atoms with Gasteiger partial charge < -0.3 is 9.47 Å². The molecule has 0 radical (unpaired) electrons. The highest BCUT2D eigenvalue weighted by Crippen LogP contribution is 2.24. The minimum absolute atomic E-state index is 0.0187. The maximum atomic E-state index is 12.4. The zero-order valence-electron chi connectivity index (χ0n) is 13.3. The molecule has 128 valence electrons. The first kappa shape index (κ1) is 18.4. The predicted molar refractivity (Wildman–Crippen MR) is 88.9 cm³/mol. The molecule has 23 heavy (non-hydrogen) atoms. The minimum Gasteiger partial charge on any atom is -0.456 e. The zero-order valence-corrected chi connectivity index (χ0v) is 15.7. The van der Waals surface area contributed by atoms with Crippen molar-refractivity contribution in [3.63, 3.8) is 0 Å². The van der Waals surface area contributed by atoms with Crippen molar-refractivity contribution >= 4 is 31.9 Å². The molecule has 1 heterocycles. The Morgan fingerprint density at radius 2 is 2.09 bits per heavy atom. The molecule has 0 unspecified atom stereocenters. The van der Waals surface area contributed by atoms with Crippen molar-refractivity contribution in [3.8, 4) is 0 Å². The summed E-state index contributed by atoms with van der Waals surface area (Å²) in [6.07, 6.45) is 0.356. The summed E-state index contributed by atoms with van der Waals surface area (Å²) < 4.78 is 38.3. The van der Waals surface area contributed by atoms with Crippen LogP contribution in [0, 0.1) is 0 Å². The number of nitrogens with one attached hydrogen (secondary N) is 1. The van der Waals surface area contributed by atoms with E-state index >= 15 is 0 Å². The third-order valence-electron chi connectivity index (χ3n) is 3.07. The first-order valence-electron chi connectivity index (χ1n) is 7.21. The Labute approximate surface area is 144 Å². The Hall–Kier alpha value is -0.960. The second-order valence-corrected chi connectivity index (χ2v) is 8.92. The molecule has 1 saturated heterocycles. The van der Waals surface area contributed by atoms with Crippen molar-refractivity contribution in [2.45, 2.75) is 43.7 Å². The van der Waals surface area contributed by atoms with Crippen LogP contribution in [0.2, 0.25) is 0 Å². The number of rotatable bonds is 4. The molecule has 0 amide bonds. The van der Waals surface area contributed by atoms with Crippen molar-refractivity contribution in [2.24, 2.45) is 0 Å². The van der Waals surface area contributed by atoms with Crippen LogP contribution in [0.3, 0.4) is 0 Å². The molecule has 1 aliphatic rings. The van der Waals surface area contributed by atoms with E-state index in [-0.39, 0.29) is 16.6 Å². The average Bonchev–Trinajstić information content (AvgIpc) is 2.88. The van der Waals surface area contributed by atoms with Gasteiger partial charge >= 0.3 is 5.97 Å². The van der Waals surface area contributed by atoms with Crippen LogP contribution in [0.1, 0.15) is 37.6 Å². The SMILES string of the molecule is CC(C)(C)NS(=O)(=O)c1ccc(Br)c(C(=O)O[C@H]2CCOC2)c1. The van der Waals surface area contributed by atoms with Gasteiger partial charge in [-0.05, 0) is 54.9 Å².